The zero-order valence-electron chi connectivity index (χ0n) is 19.0. The van der Waals surface area contributed by atoms with Crippen LogP contribution in [0.2, 0.25) is 0 Å². The van der Waals surface area contributed by atoms with E-state index in [-0.39, 0.29) is 30.2 Å². The van der Waals surface area contributed by atoms with E-state index in [0.29, 0.717) is 32.0 Å². The average molecular weight is 440 g/mol. The fraction of sp³-hybridized carbons (Fsp3) is 0.538. The Morgan fingerprint density at radius 1 is 1.12 bits per heavy atom. The molecule has 0 radical (unpaired) electrons. The molecule has 2 heterocycles. The van der Waals surface area contributed by atoms with E-state index in [4.69, 9.17) is 0 Å². The van der Waals surface area contributed by atoms with E-state index >= 15 is 0 Å². The van der Waals surface area contributed by atoms with Crippen LogP contribution >= 0.6 is 0 Å². The second-order valence-electron chi connectivity index (χ2n) is 9.18. The molecule has 172 valence electrons. The summed E-state index contributed by atoms with van der Waals surface area (Å²) in [5.74, 6) is 0.350. The molecule has 1 aliphatic carbocycles. The number of aromatic nitrogens is 1. The summed E-state index contributed by atoms with van der Waals surface area (Å²) in [7, 11) is 0. The van der Waals surface area contributed by atoms with Crippen molar-refractivity contribution in [2.45, 2.75) is 64.5 Å². The topological polar surface area (TPSA) is 45.6 Å². The SMILES string of the molecule is CCCN(CC(=O)N1CCn2cccc2C1c1cccc(F)c1)C(=O)CCC1CCCC1. The quantitative estimate of drug-likeness (QED) is 0.595. The first kappa shape index (κ1) is 22.6. The maximum atomic E-state index is 14.0. The van der Waals surface area contributed by atoms with Gasteiger partial charge in [-0.3, -0.25) is 9.59 Å². The third-order valence-corrected chi connectivity index (χ3v) is 6.94. The Bertz CT molecular complexity index is 935. The zero-order chi connectivity index (χ0) is 22.5. The molecule has 0 saturated heterocycles. The Labute approximate surface area is 190 Å². The predicted octanol–water partition coefficient (Wildman–Crippen LogP) is 4.77. The largest absolute Gasteiger partial charge is 0.348 e. The third kappa shape index (κ3) is 5.05. The van der Waals surface area contributed by atoms with Gasteiger partial charge >= 0.3 is 0 Å². The highest BCUT2D eigenvalue weighted by Crippen LogP contribution is 2.33. The minimum Gasteiger partial charge on any atom is -0.348 e. The molecule has 6 heteroatoms. The Balaban J connectivity index is 1.49. The molecule has 4 rings (SSSR count). The van der Waals surface area contributed by atoms with Crippen molar-refractivity contribution in [3.8, 4) is 0 Å². The number of halogens is 1. The molecule has 1 atom stereocenters. The summed E-state index contributed by atoms with van der Waals surface area (Å²) in [4.78, 5) is 30.0. The lowest BCUT2D eigenvalue weighted by Crippen LogP contribution is -2.48. The minimum absolute atomic E-state index is 0.0747. The van der Waals surface area contributed by atoms with Gasteiger partial charge < -0.3 is 14.4 Å². The van der Waals surface area contributed by atoms with Crippen LogP contribution in [0.25, 0.3) is 0 Å². The van der Waals surface area contributed by atoms with E-state index in [0.717, 1.165) is 24.1 Å². The predicted molar refractivity (Wildman–Crippen MR) is 122 cm³/mol. The summed E-state index contributed by atoms with van der Waals surface area (Å²) >= 11 is 0. The Hall–Kier alpha value is -2.63. The molecule has 2 amide bonds. The number of carbonyl (C=O) groups excluding carboxylic acids is 2. The van der Waals surface area contributed by atoms with Crippen LogP contribution in [-0.2, 0) is 16.1 Å². The van der Waals surface area contributed by atoms with E-state index in [1.807, 2.05) is 36.2 Å². The van der Waals surface area contributed by atoms with Gasteiger partial charge in [-0.05, 0) is 48.6 Å². The summed E-state index contributed by atoms with van der Waals surface area (Å²) in [6.45, 7) is 3.94. The van der Waals surface area contributed by atoms with Crippen LogP contribution in [0.3, 0.4) is 0 Å². The van der Waals surface area contributed by atoms with E-state index in [1.54, 1.807) is 11.0 Å². The van der Waals surface area contributed by atoms with Crippen molar-refractivity contribution in [1.82, 2.24) is 14.4 Å². The summed E-state index contributed by atoms with van der Waals surface area (Å²) in [5, 5.41) is 0. The normalized spacial score (nSPS) is 18.6. The maximum absolute atomic E-state index is 14.0. The van der Waals surface area contributed by atoms with Gasteiger partial charge in [0.15, 0.2) is 0 Å². The highest BCUT2D eigenvalue weighted by Gasteiger charge is 2.33. The summed E-state index contributed by atoms with van der Waals surface area (Å²) < 4.78 is 16.1. The zero-order valence-corrected chi connectivity index (χ0v) is 19.0. The summed E-state index contributed by atoms with van der Waals surface area (Å²) in [6.07, 6.45) is 9.26. The molecule has 5 nitrogen and oxygen atoms in total. The Kier molecular flexibility index (Phi) is 7.28. The number of carbonyl (C=O) groups is 2. The number of nitrogens with zero attached hydrogens (tertiary/aromatic N) is 3. The van der Waals surface area contributed by atoms with E-state index < -0.39 is 0 Å². The molecule has 0 spiro atoms. The van der Waals surface area contributed by atoms with E-state index in [1.165, 1.54) is 37.8 Å². The van der Waals surface area contributed by atoms with Gasteiger partial charge in [0, 0.05) is 37.9 Å². The average Bonchev–Trinajstić information content (AvgIpc) is 3.48. The second kappa shape index (κ2) is 10.3. The van der Waals surface area contributed by atoms with E-state index in [9.17, 15) is 14.0 Å². The van der Waals surface area contributed by atoms with Gasteiger partial charge in [-0.25, -0.2) is 4.39 Å². The van der Waals surface area contributed by atoms with Gasteiger partial charge in [0.25, 0.3) is 0 Å². The number of hydrogen-bond acceptors (Lipinski definition) is 2. The number of fused-ring (bicyclic) bond motifs is 1. The molecule has 2 aromatic rings. The number of hydrogen-bond donors (Lipinski definition) is 0. The molecule has 1 aromatic heterocycles. The van der Waals surface area contributed by atoms with Crippen LogP contribution in [-0.4, -0.2) is 45.8 Å². The van der Waals surface area contributed by atoms with Crippen molar-refractivity contribution in [2.75, 3.05) is 19.6 Å². The fourth-order valence-electron chi connectivity index (χ4n) is 5.28. The molecule has 0 N–H and O–H groups in total. The number of rotatable bonds is 8. The molecule has 1 fully saturated rings. The highest BCUT2D eigenvalue weighted by molar-refractivity contribution is 5.85. The van der Waals surface area contributed by atoms with Crippen LogP contribution in [0.5, 0.6) is 0 Å². The van der Waals surface area contributed by atoms with Crippen molar-refractivity contribution < 1.29 is 14.0 Å². The maximum Gasteiger partial charge on any atom is 0.243 e. The first-order valence-electron chi connectivity index (χ1n) is 12.0. The van der Waals surface area contributed by atoms with Gasteiger partial charge in [-0.1, -0.05) is 44.7 Å². The Morgan fingerprint density at radius 3 is 2.69 bits per heavy atom. The molecule has 1 unspecified atom stereocenters. The van der Waals surface area contributed by atoms with Crippen LogP contribution in [0, 0.1) is 11.7 Å². The third-order valence-electron chi connectivity index (χ3n) is 6.94. The highest BCUT2D eigenvalue weighted by atomic mass is 19.1. The van der Waals surface area contributed by atoms with Crippen molar-refractivity contribution >= 4 is 11.8 Å². The van der Waals surface area contributed by atoms with Gasteiger partial charge in [-0.15, -0.1) is 0 Å². The molecule has 1 saturated carbocycles. The minimum atomic E-state index is -0.348. The summed E-state index contributed by atoms with van der Waals surface area (Å²) in [6, 6.07) is 10.1. The lowest BCUT2D eigenvalue weighted by molar-refractivity contribution is -0.142. The van der Waals surface area contributed by atoms with E-state index in [2.05, 4.69) is 4.57 Å². The lowest BCUT2D eigenvalue weighted by atomic mass is 9.99. The van der Waals surface area contributed by atoms with Gasteiger partial charge in [0.2, 0.25) is 11.8 Å². The number of amides is 2. The molecular weight excluding hydrogens is 405 g/mol. The Morgan fingerprint density at radius 2 is 1.94 bits per heavy atom. The monoisotopic (exact) mass is 439 g/mol. The first-order valence-corrected chi connectivity index (χ1v) is 12.0. The second-order valence-corrected chi connectivity index (χ2v) is 9.18. The molecule has 0 bridgehead atoms. The molecular formula is C26H34FN3O2. The van der Waals surface area contributed by atoms with Gasteiger partial charge in [0.1, 0.15) is 5.82 Å². The van der Waals surface area contributed by atoms with Gasteiger partial charge in [-0.2, -0.15) is 0 Å². The van der Waals surface area contributed by atoms with Crippen molar-refractivity contribution in [2.24, 2.45) is 5.92 Å². The number of benzene rings is 1. The first-order chi connectivity index (χ1) is 15.6. The fourth-order valence-corrected chi connectivity index (χ4v) is 5.28. The van der Waals surface area contributed by atoms with Gasteiger partial charge in [0.05, 0.1) is 12.6 Å². The van der Waals surface area contributed by atoms with Crippen molar-refractivity contribution in [3.05, 3.63) is 59.7 Å². The molecule has 2 aliphatic rings. The molecule has 1 aliphatic heterocycles. The van der Waals surface area contributed by atoms with Crippen LogP contribution < -0.4 is 0 Å². The lowest BCUT2D eigenvalue weighted by Gasteiger charge is -2.38. The smallest absolute Gasteiger partial charge is 0.243 e. The standard InChI is InChI=1S/C26H34FN3O2/c1-2-14-29(24(31)13-12-20-7-3-4-8-20)19-25(32)30-17-16-28-15-6-11-23(28)26(30)21-9-5-10-22(27)18-21/h5-6,9-11,15,18,20,26H,2-4,7-8,12-14,16-17,19H2,1H3. The molecule has 32 heavy (non-hydrogen) atoms. The van der Waals surface area contributed by atoms with Crippen LogP contribution in [0.1, 0.15) is 69.2 Å². The molecule has 1 aromatic carbocycles. The van der Waals surface area contributed by atoms with Crippen LogP contribution in [0.15, 0.2) is 42.6 Å². The van der Waals surface area contributed by atoms with Crippen molar-refractivity contribution in [3.63, 3.8) is 0 Å². The van der Waals surface area contributed by atoms with Crippen molar-refractivity contribution in [1.29, 1.82) is 0 Å². The summed E-state index contributed by atoms with van der Waals surface area (Å²) in [5.41, 5.74) is 1.73. The van der Waals surface area contributed by atoms with Crippen LogP contribution in [0.4, 0.5) is 4.39 Å².